The summed E-state index contributed by atoms with van der Waals surface area (Å²) in [5, 5.41) is 11.5. The van der Waals surface area contributed by atoms with Crippen LogP contribution in [0.3, 0.4) is 0 Å². The molecule has 2 N–H and O–H groups in total. The standard InChI is InChI=1S/C24H20FN5OS/c1-12-5-6-30(9-12)24-28-8-15-16-10-31-11-17(16)20(21(25)22(15)29-24)13-3-2-4-18-19(13)14(7-26)23(27)32-18/h2-4,8,12H,5-6,9-11,27H2,1H3. The van der Waals surface area contributed by atoms with Crippen molar-refractivity contribution in [2.45, 2.75) is 26.6 Å². The van der Waals surface area contributed by atoms with Gasteiger partial charge in [0.2, 0.25) is 5.95 Å². The van der Waals surface area contributed by atoms with Gasteiger partial charge in [0.15, 0.2) is 5.82 Å². The number of hydrogen-bond donors (Lipinski definition) is 1. The summed E-state index contributed by atoms with van der Waals surface area (Å²) < 4.78 is 22.8. The van der Waals surface area contributed by atoms with E-state index in [1.165, 1.54) is 11.3 Å². The van der Waals surface area contributed by atoms with Gasteiger partial charge in [0, 0.05) is 40.3 Å². The Morgan fingerprint density at radius 2 is 2.16 bits per heavy atom. The van der Waals surface area contributed by atoms with E-state index in [2.05, 4.69) is 27.9 Å². The van der Waals surface area contributed by atoms with Crippen LogP contribution in [-0.4, -0.2) is 23.1 Å². The normalized spacial score (nSPS) is 17.9. The smallest absolute Gasteiger partial charge is 0.225 e. The highest BCUT2D eigenvalue weighted by Gasteiger charge is 2.29. The summed E-state index contributed by atoms with van der Waals surface area (Å²) >= 11 is 1.34. The lowest BCUT2D eigenvalue weighted by molar-refractivity contribution is 0.135. The zero-order valence-corrected chi connectivity index (χ0v) is 18.3. The number of thiophene rings is 1. The van der Waals surface area contributed by atoms with E-state index < -0.39 is 5.82 Å². The molecule has 1 fully saturated rings. The van der Waals surface area contributed by atoms with Crippen molar-refractivity contribution in [2.75, 3.05) is 23.7 Å². The van der Waals surface area contributed by atoms with Gasteiger partial charge in [-0.05, 0) is 35.1 Å². The molecule has 2 aromatic carbocycles. The van der Waals surface area contributed by atoms with Crippen LogP contribution in [0, 0.1) is 23.1 Å². The summed E-state index contributed by atoms with van der Waals surface area (Å²) in [4.78, 5) is 11.4. The van der Waals surface area contributed by atoms with Crippen LogP contribution in [0.25, 0.3) is 32.1 Å². The fraction of sp³-hybridized carbons (Fsp3) is 0.292. The third-order valence-electron chi connectivity index (χ3n) is 6.52. The fourth-order valence-corrected chi connectivity index (χ4v) is 5.89. The fourth-order valence-electron chi connectivity index (χ4n) is 4.94. The highest BCUT2D eigenvalue weighted by atomic mass is 32.1. The summed E-state index contributed by atoms with van der Waals surface area (Å²) in [5.74, 6) is 0.719. The van der Waals surface area contributed by atoms with Gasteiger partial charge in [-0.25, -0.2) is 14.4 Å². The highest BCUT2D eigenvalue weighted by Crippen LogP contribution is 2.45. The molecule has 6 rings (SSSR count). The minimum Gasteiger partial charge on any atom is -0.389 e. The molecule has 4 aromatic rings. The first-order valence-electron chi connectivity index (χ1n) is 10.6. The molecular weight excluding hydrogens is 425 g/mol. The first kappa shape index (κ1) is 19.4. The SMILES string of the molecule is CC1CCN(c2ncc3c4c(c(-c5cccc6sc(N)c(C#N)c56)c(F)c3n2)COC4)C1. The second-order valence-corrected chi connectivity index (χ2v) is 9.63. The number of rotatable bonds is 2. The van der Waals surface area contributed by atoms with E-state index in [9.17, 15) is 5.26 Å². The topological polar surface area (TPSA) is 88.1 Å². The van der Waals surface area contributed by atoms with Gasteiger partial charge in [-0.3, -0.25) is 0 Å². The van der Waals surface area contributed by atoms with Crippen LogP contribution in [0.15, 0.2) is 24.4 Å². The van der Waals surface area contributed by atoms with Crippen LogP contribution in [0.1, 0.15) is 30.0 Å². The van der Waals surface area contributed by atoms with Crippen LogP contribution in [0.2, 0.25) is 0 Å². The molecule has 2 aromatic heterocycles. The number of anilines is 2. The van der Waals surface area contributed by atoms with Crippen LogP contribution in [0.4, 0.5) is 15.3 Å². The largest absolute Gasteiger partial charge is 0.389 e. The monoisotopic (exact) mass is 445 g/mol. The van der Waals surface area contributed by atoms with Gasteiger partial charge in [0.1, 0.15) is 16.6 Å². The Morgan fingerprint density at radius 1 is 1.31 bits per heavy atom. The molecular formula is C24H20FN5OS. The highest BCUT2D eigenvalue weighted by molar-refractivity contribution is 7.23. The van der Waals surface area contributed by atoms with Crippen molar-refractivity contribution in [3.63, 3.8) is 0 Å². The van der Waals surface area contributed by atoms with Crippen molar-refractivity contribution < 1.29 is 9.13 Å². The molecule has 2 aliphatic heterocycles. The Balaban J connectivity index is 1.66. The van der Waals surface area contributed by atoms with Crippen molar-refractivity contribution >= 4 is 43.3 Å². The molecule has 0 radical (unpaired) electrons. The molecule has 0 aliphatic carbocycles. The average Bonchev–Trinajstić information content (AvgIpc) is 3.51. The molecule has 0 spiro atoms. The zero-order chi connectivity index (χ0) is 22.0. The van der Waals surface area contributed by atoms with Gasteiger partial charge >= 0.3 is 0 Å². The quantitative estimate of drug-likeness (QED) is 0.468. The molecule has 4 heterocycles. The molecule has 8 heteroatoms. The second-order valence-electron chi connectivity index (χ2n) is 8.54. The van der Waals surface area contributed by atoms with E-state index in [0.717, 1.165) is 35.3 Å². The Hall–Kier alpha value is -3.28. The van der Waals surface area contributed by atoms with Gasteiger partial charge in [-0.1, -0.05) is 19.1 Å². The predicted molar refractivity (Wildman–Crippen MR) is 124 cm³/mol. The van der Waals surface area contributed by atoms with E-state index in [0.29, 0.717) is 63.1 Å². The lowest BCUT2D eigenvalue weighted by Gasteiger charge is -2.18. The summed E-state index contributed by atoms with van der Waals surface area (Å²) in [6, 6.07) is 7.83. The number of benzene rings is 2. The van der Waals surface area contributed by atoms with Crippen molar-refractivity contribution in [2.24, 2.45) is 5.92 Å². The predicted octanol–water partition coefficient (Wildman–Crippen LogP) is 4.98. The van der Waals surface area contributed by atoms with Crippen LogP contribution >= 0.6 is 11.3 Å². The van der Waals surface area contributed by atoms with Crippen LogP contribution < -0.4 is 10.6 Å². The van der Waals surface area contributed by atoms with E-state index in [1.807, 2.05) is 18.2 Å². The van der Waals surface area contributed by atoms with Crippen LogP contribution in [0.5, 0.6) is 0 Å². The van der Waals surface area contributed by atoms with E-state index >= 15 is 4.39 Å². The first-order valence-corrected chi connectivity index (χ1v) is 11.4. The van der Waals surface area contributed by atoms with E-state index in [4.69, 9.17) is 10.5 Å². The number of fused-ring (bicyclic) bond motifs is 4. The molecule has 0 bridgehead atoms. The lowest BCUT2D eigenvalue weighted by atomic mass is 9.91. The number of nitrogens with zero attached hydrogens (tertiary/aromatic N) is 4. The third kappa shape index (κ3) is 2.71. The van der Waals surface area contributed by atoms with E-state index in [1.54, 1.807) is 6.20 Å². The zero-order valence-electron chi connectivity index (χ0n) is 17.5. The number of nitrogens with two attached hydrogens (primary N) is 1. The molecule has 6 nitrogen and oxygen atoms in total. The molecule has 32 heavy (non-hydrogen) atoms. The average molecular weight is 446 g/mol. The number of nitrogen functional groups attached to an aromatic ring is 1. The van der Waals surface area contributed by atoms with Gasteiger partial charge in [-0.2, -0.15) is 5.26 Å². The minimum absolute atomic E-state index is 0.299. The maximum absolute atomic E-state index is 16.2. The van der Waals surface area contributed by atoms with Crippen LogP contribution in [-0.2, 0) is 18.0 Å². The number of halogens is 1. The molecule has 0 saturated carbocycles. The Labute approximate surface area is 188 Å². The lowest BCUT2D eigenvalue weighted by Crippen LogP contribution is -2.21. The Bertz CT molecular complexity index is 1460. The summed E-state index contributed by atoms with van der Waals surface area (Å²) in [6.07, 6.45) is 2.80. The van der Waals surface area contributed by atoms with Crippen molar-refractivity contribution in [3.05, 3.63) is 46.9 Å². The Morgan fingerprint density at radius 3 is 2.94 bits per heavy atom. The van der Waals surface area contributed by atoms with Crippen molar-refractivity contribution in [3.8, 4) is 17.2 Å². The molecule has 1 unspecified atom stereocenters. The molecule has 1 atom stereocenters. The molecule has 2 aliphatic rings. The van der Waals surface area contributed by atoms with Gasteiger partial charge < -0.3 is 15.4 Å². The summed E-state index contributed by atoms with van der Waals surface area (Å²) in [5.41, 5.74) is 9.61. The van der Waals surface area contributed by atoms with Crippen molar-refractivity contribution in [1.29, 1.82) is 5.26 Å². The maximum Gasteiger partial charge on any atom is 0.225 e. The second kappa shape index (κ2) is 7.12. The van der Waals surface area contributed by atoms with Crippen molar-refractivity contribution in [1.82, 2.24) is 9.97 Å². The van der Waals surface area contributed by atoms with Gasteiger partial charge in [0.05, 0.1) is 18.8 Å². The number of ether oxygens (including phenoxy) is 1. The number of aromatic nitrogens is 2. The maximum atomic E-state index is 16.2. The Kier molecular flexibility index (Phi) is 4.32. The molecule has 1 saturated heterocycles. The number of hydrogen-bond acceptors (Lipinski definition) is 7. The summed E-state index contributed by atoms with van der Waals surface area (Å²) in [6.45, 7) is 4.63. The van der Waals surface area contributed by atoms with Gasteiger partial charge in [0.25, 0.3) is 0 Å². The molecule has 0 amide bonds. The first-order chi connectivity index (χ1) is 15.6. The minimum atomic E-state index is -0.402. The third-order valence-corrected chi connectivity index (χ3v) is 7.50. The molecule has 160 valence electrons. The number of nitriles is 1. The summed E-state index contributed by atoms with van der Waals surface area (Å²) in [7, 11) is 0. The van der Waals surface area contributed by atoms with Gasteiger partial charge in [-0.15, -0.1) is 11.3 Å². The van der Waals surface area contributed by atoms with E-state index in [-0.39, 0.29) is 0 Å².